The minimum absolute atomic E-state index is 0.506. The Balaban J connectivity index is 0.000000144. The smallest absolute Gasteiger partial charge is 0.258 e. The van der Waals surface area contributed by atoms with Crippen molar-refractivity contribution in [2.75, 3.05) is 4.90 Å². The van der Waals surface area contributed by atoms with Crippen molar-refractivity contribution in [3.05, 3.63) is 218 Å². The minimum atomic E-state index is 0.506. The molecule has 3 aromatic heterocycles. The van der Waals surface area contributed by atoms with Gasteiger partial charge in [-0.05, 0) is 84.9 Å². The van der Waals surface area contributed by atoms with E-state index in [0.29, 0.717) is 23.4 Å². The summed E-state index contributed by atoms with van der Waals surface area (Å²) < 4.78 is 13.3. The third kappa shape index (κ3) is 7.21. The summed E-state index contributed by atoms with van der Waals surface area (Å²) >= 11 is 0. The largest absolute Gasteiger partial charge is 0.334 e. The maximum Gasteiger partial charge on any atom is 0.258 e. The zero-order valence-electron chi connectivity index (χ0n) is 32.3. The van der Waals surface area contributed by atoms with Gasteiger partial charge in [0.1, 0.15) is 0 Å². The molecule has 0 atom stereocenters. The average molecular weight is 777 g/mol. The first-order chi connectivity index (χ1) is 29.8. The van der Waals surface area contributed by atoms with E-state index in [1.807, 2.05) is 121 Å². The van der Waals surface area contributed by atoms with Gasteiger partial charge >= 0.3 is 0 Å². The van der Waals surface area contributed by atoms with Crippen molar-refractivity contribution in [1.82, 2.24) is 24.8 Å². The van der Waals surface area contributed by atoms with E-state index in [1.165, 1.54) is 21.8 Å². The summed E-state index contributed by atoms with van der Waals surface area (Å²) in [6, 6.07) is 73.7. The molecule has 0 saturated carbocycles. The second-order valence-corrected chi connectivity index (χ2v) is 14.0. The number of benzene rings is 8. The van der Waals surface area contributed by atoms with Gasteiger partial charge < -0.3 is 18.5 Å². The van der Waals surface area contributed by atoms with Crippen LogP contribution in [-0.2, 0) is 0 Å². The van der Waals surface area contributed by atoms with Crippen molar-refractivity contribution < 1.29 is 9.05 Å². The van der Waals surface area contributed by atoms with Gasteiger partial charge in [-0.2, -0.15) is 9.97 Å². The average Bonchev–Trinajstić information content (AvgIpc) is 4.10. The van der Waals surface area contributed by atoms with Gasteiger partial charge in [-0.1, -0.05) is 144 Å². The van der Waals surface area contributed by atoms with Gasteiger partial charge in [-0.15, -0.1) is 0 Å². The Morgan fingerprint density at radius 2 is 0.700 bits per heavy atom. The molecular weight excluding hydrogens is 741 g/mol. The van der Waals surface area contributed by atoms with E-state index in [0.717, 1.165) is 45.0 Å². The molecule has 0 amide bonds. The summed E-state index contributed by atoms with van der Waals surface area (Å²) in [5.74, 6) is 2.20. The molecule has 8 nitrogen and oxygen atoms in total. The first kappa shape index (κ1) is 36.0. The molecular formula is C52H36N6O2. The van der Waals surface area contributed by atoms with Crippen molar-refractivity contribution >= 4 is 38.9 Å². The van der Waals surface area contributed by atoms with Crippen LogP contribution >= 0.6 is 0 Å². The highest BCUT2D eigenvalue weighted by Crippen LogP contribution is 2.36. The third-order valence-corrected chi connectivity index (χ3v) is 10.3. The van der Waals surface area contributed by atoms with E-state index in [1.54, 1.807) is 0 Å². The van der Waals surface area contributed by atoms with Gasteiger partial charge in [0.15, 0.2) is 0 Å². The second-order valence-electron chi connectivity index (χ2n) is 14.0. The summed E-state index contributed by atoms with van der Waals surface area (Å²) in [4.78, 5) is 11.3. The molecule has 0 N–H and O–H groups in total. The lowest BCUT2D eigenvalue weighted by Gasteiger charge is -2.25. The van der Waals surface area contributed by atoms with E-state index in [-0.39, 0.29) is 0 Å². The molecule has 0 spiro atoms. The quantitative estimate of drug-likeness (QED) is 0.152. The minimum Gasteiger partial charge on any atom is -0.334 e. The fourth-order valence-electron chi connectivity index (χ4n) is 7.40. The van der Waals surface area contributed by atoms with Crippen LogP contribution in [0.1, 0.15) is 0 Å². The number of rotatable bonds is 8. The van der Waals surface area contributed by atoms with Crippen LogP contribution in [-0.4, -0.2) is 24.8 Å². The Bertz CT molecular complexity index is 3030. The molecule has 8 heteroatoms. The second kappa shape index (κ2) is 16.2. The molecule has 0 saturated heterocycles. The summed E-state index contributed by atoms with van der Waals surface area (Å²) in [5.41, 5.74) is 10.4. The van der Waals surface area contributed by atoms with E-state index >= 15 is 0 Å². The Morgan fingerprint density at radius 1 is 0.333 bits per heavy atom. The molecule has 0 radical (unpaired) electrons. The fraction of sp³-hybridized carbons (Fsp3) is 0. The molecule has 8 aromatic carbocycles. The van der Waals surface area contributed by atoms with Crippen molar-refractivity contribution in [1.29, 1.82) is 0 Å². The highest BCUT2D eigenvalue weighted by molar-refractivity contribution is 6.09. The summed E-state index contributed by atoms with van der Waals surface area (Å²) in [6.45, 7) is 0. The lowest BCUT2D eigenvalue weighted by Crippen LogP contribution is -2.09. The third-order valence-electron chi connectivity index (χ3n) is 10.3. The normalized spacial score (nSPS) is 11.0. The highest BCUT2D eigenvalue weighted by atomic mass is 16.5. The SMILES string of the molecule is c1ccc(-c2noc(-c3ccc(-n4c5ccccc5c5ccccc54)cc3)n2)cc1.c1ccc(-c2noc(-c3ccc(N(c4ccccc4)c4ccccc4)cc3)n2)cc1. The summed E-state index contributed by atoms with van der Waals surface area (Å²) in [6.07, 6.45) is 0. The monoisotopic (exact) mass is 776 g/mol. The zero-order valence-corrected chi connectivity index (χ0v) is 32.3. The number of para-hydroxylation sites is 4. The Morgan fingerprint density at radius 3 is 1.15 bits per heavy atom. The molecule has 0 aliphatic carbocycles. The van der Waals surface area contributed by atoms with Crippen LogP contribution in [0, 0.1) is 0 Å². The fourth-order valence-corrected chi connectivity index (χ4v) is 7.40. The maximum atomic E-state index is 5.51. The first-order valence-corrected chi connectivity index (χ1v) is 19.6. The Kier molecular flexibility index (Phi) is 9.75. The number of nitrogens with zero attached hydrogens (tertiary/aromatic N) is 6. The number of hydrogen-bond donors (Lipinski definition) is 0. The number of anilines is 3. The van der Waals surface area contributed by atoms with E-state index < -0.39 is 0 Å². The molecule has 11 aromatic rings. The van der Waals surface area contributed by atoms with Crippen LogP contribution in [0.15, 0.2) is 227 Å². The number of fused-ring (bicyclic) bond motifs is 3. The standard InChI is InChI=1S/C26H17N3O.C26H19N3O/c1-2-8-18(9-3-1)25-27-26(30-28-25)19-14-16-20(17-15-19)29-23-12-6-4-10-21(23)22-11-5-7-13-24(22)29;1-4-10-20(11-5-1)25-27-26(30-28-25)21-16-18-24(19-17-21)29(22-12-6-2-7-13-22)23-14-8-3-9-15-23/h1-17H;1-19H. The van der Waals surface area contributed by atoms with Crippen LogP contribution in [0.4, 0.5) is 17.1 Å². The molecule has 0 aliphatic heterocycles. The maximum absolute atomic E-state index is 5.51. The van der Waals surface area contributed by atoms with E-state index in [4.69, 9.17) is 9.05 Å². The van der Waals surface area contributed by atoms with Gasteiger partial charge in [0, 0.05) is 55.8 Å². The summed E-state index contributed by atoms with van der Waals surface area (Å²) in [5, 5.41) is 10.7. The van der Waals surface area contributed by atoms with Gasteiger partial charge in [-0.3, -0.25) is 0 Å². The van der Waals surface area contributed by atoms with Crippen molar-refractivity contribution in [3.8, 4) is 51.4 Å². The van der Waals surface area contributed by atoms with Gasteiger partial charge in [0.05, 0.1) is 11.0 Å². The van der Waals surface area contributed by atoms with Crippen LogP contribution in [0.2, 0.25) is 0 Å². The molecule has 0 aliphatic rings. The van der Waals surface area contributed by atoms with Gasteiger partial charge in [0.2, 0.25) is 11.6 Å². The van der Waals surface area contributed by atoms with Crippen LogP contribution in [0.5, 0.6) is 0 Å². The molecule has 0 unspecified atom stereocenters. The zero-order chi connectivity index (χ0) is 40.1. The molecule has 60 heavy (non-hydrogen) atoms. The number of aromatic nitrogens is 5. The highest BCUT2D eigenvalue weighted by Gasteiger charge is 2.16. The van der Waals surface area contributed by atoms with E-state index in [2.05, 4.69) is 127 Å². The van der Waals surface area contributed by atoms with Crippen molar-refractivity contribution in [2.45, 2.75) is 0 Å². The van der Waals surface area contributed by atoms with Crippen LogP contribution in [0.3, 0.4) is 0 Å². The Labute approximate surface area is 346 Å². The predicted molar refractivity (Wildman–Crippen MR) is 239 cm³/mol. The first-order valence-electron chi connectivity index (χ1n) is 19.6. The van der Waals surface area contributed by atoms with Crippen LogP contribution in [0.25, 0.3) is 73.2 Å². The van der Waals surface area contributed by atoms with Gasteiger partial charge in [-0.25, -0.2) is 0 Å². The molecule has 11 rings (SSSR count). The molecule has 286 valence electrons. The predicted octanol–water partition coefficient (Wildman–Crippen LogP) is 13.4. The topological polar surface area (TPSA) is 86.0 Å². The molecule has 3 heterocycles. The molecule has 0 bridgehead atoms. The van der Waals surface area contributed by atoms with E-state index in [9.17, 15) is 0 Å². The lowest BCUT2D eigenvalue weighted by molar-refractivity contribution is 0.432. The van der Waals surface area contributed by atoms with Crippen LogP contribution < -0.4 is 4.90 Å². The lowest BCUT2D eigenvalue weighted by atomic mass is 10.1. The van der Waals surface area contributed by atoms with Crippen molar-refractivity contribution in [3.63, 3.8) is 0 Å². The van der Waals surface area contributed by atoms with Crippen molar-refractivity contribution in [2.24, 2.45) is 0 Å². The summed E-state index contributed by atoms with van der Waals surface area (Å²) in [7, 11) is 0. The van der Waals surface area contributed by atoms with Gasteiger partial charge in [0.25, 0.3) is 11.8 Å². The number of hydrogen-bond acceptors (Lipinski definition) is 7. The Hall–Kier alpha value is -8.36. The molecule has 0 fully saturated rings.